The van der Waals surface area contributed by atoms with Crippen LogP contribution < -0.4 is 0 Å². The first-order valence-corrected chi connectivity index (χ1v) is 11.1. The summed E-state index contributed by atoms with van der Waals surface area (Å²) in [6.45, 7) is 5.83. The van der Waals surface area contributed by atoms with E-state index in [1.807, 2.05) is 18.2 Å². The number of carbonyl (C=O) groups is 1. The van der Waals surface area contributed by atoms with Crippen LogP contribution in [-0.2, 0) is 5.60 Å². The van der Waals surface area contributed by atoms with Crippen molar-refractivity contribution in [1.82, 2.24) is 5.16 Å². The quantitative estimate of drug-likeness (QED) is 0.433. The zero-order valence-corrected chi connectivity index (χ0v) is 18.9. The fourth-order valence-corrected chi connectivity index (χ4v) is 4.55. The van der Waals surface area contributed by atoms with Crippen LogP contribution in [-0.4, -0.2) is 16.0 Å². The topological polar surface area (TPSA) is 63.3 Å². The highest BCUT2D eigenvalue weighted by atomic mass is 16.5. The van der Waals surface area contributed by atoms with E-state index in [1.165, 1.54) is 11.1 Å². The van der Waals surface area contributed by atoms with Crippen molar-refractivity contribution in [3.63, 3.8) is 0 Å². The summed E-state index contributed by atoms with van der Waals surface area (Å²) in [5, 5.41) is 16.1. The van der Waals surface area contributed by atoms with E-state index in [4.69, 9.17) is 4.52 Å². The predicted octanol–water partition coefficient (Wildman–Crippen LogP) is 5.90. The van der Waals surface area contributed by atoms with Gasteiger partial charge in [-0.15, -0.1) is 0 Å². The maximum absolute atomic E-state index is 13.1. The zero-order valence-electron chi connectivity index (χ0n) is 18.9. The van der Waals surface area contributed by atoms with Gasteiger partial charge >= 0.3 is 0 Å². The Bertz CT molecular complexity index is 1330. The van der Waals surface area contributed by atoms with Gasteiger partial charge in [0.15, 0.2) is 5.78 Å². The summed E-state index contributed by atoms with van der Waals surface area (Å²) < 4.78 is 5.37. The second kappa shape index (κ2) is 7.98. The Labute approximate surface area is 193 Å². The summed E-state index contributed by atoms with van der Waals surface area (Å²) in [7, 11) is 0. The smallest absolute Gasteiger partial charge is 0.199 e. The molecule has 4 aromatic rings. The molecule has 1 atom stereocenters. The van der Waals surface area contributed by atoms with Crippen LogP contribution in [0.3, 0.4) is 0 Å². The van der Waals surface area contributed by atoms with Gasteiger partial charge in [0.2, 0.25) is 0 Å². The average Bonchev–Trinajstić information content (AvgIpc) is 3.22. The maximum Gasteiger partial charge on any atom is 0.199 e. The van der Waals surface area contributed by atoms with Crippen LogP contribution in [0.2, 0.25) is 0 Å². The van der Waals surface area contributed by atoms with Crippen molar-refractivity contribution >= 4 is 11.4 Å². The number of carbonyl (C=O) groups excluding carboxylic acids is 1. The molecule has 0 aliphatic heterocycles. The molecule has 5 rings (SSSR count). The normalized spacial score (nSPS) is 16.8. The Balaban J connectivity index is 1.66. The molecule has 1 aliphatic rings. The molecule has 164 valence electrons. The molecule has 3 aromatic carbocycles. The van der Waals surface area contributed by atoms with Crippen molar-refractivity contribution in [1.29, 1.82) is 0 Å². The lowest BCUT2D eigenvalue weighted by molar-refractivity contribution is 0.0682. The molecule has 1 N–H and O–H groups in total. The lowest BCUT2D eigenvalue weighted by Crippen LogP contribution is -2.35. The molecular formula is C29H25NO3. The van der Waals surface area contributed by atoms with Gasteiger partial charge in [-0.3, -0.25) is 4.79 Å². The third-order valence-electron chi connectivity index (χ3n) is 6.43. The summed E-state index contributed by atoms with van der Waals surface area (Å²) in [6.07, 6.45) is 2.28. The van der Waals surface area contributed by atoms with Crippen LogP contribution in [0.1, 0.15) is 61.6 Å². The van der Waals surface area contributed by atoms with Gasteiger partial charge in [-0.1, -0.05) is 95.2 Å². The number of nitrogens with zero attached hydrogens (tertiary/aromatic N) is 1. The van der Waals surface area contributed by atoms with E-state index in [9.17, 15) is 9.90 Å². The number of benzene rings is 3. The molecule has 1 unspecified atom stereocenters. The van der Waals surface area contributed by atoms with Crippen LogP contribution in [0.25, 0.3) is 5.57 Å². The van der Waals surface area contributed by atoms with Crippen LogP contribution >= 0.6 is 0 Å². The fraction of sp³-hybridized carbons (Fsp3) is 0.172. The zero-order chi connectivity index (χ0) is 23.2. The van der Waals surface area contributed by atoms with E-state index in [1.54, 1.807) is 19.1 Å². The Morgan fingerprint density at radius 2 is 1.48 bits per heavy atom. The SMILES string of the molecule is Cc1ccc(C(=CCC2(O)c3ccccc3C(=O)c3c2noc3C)c2ccc(C)cc2)cc1. The highest BCUT2D eigenvalue weighted by Crippen LogP contribution is 2.43. The number of hydrogen-bond acceptors (Lipinski definition) is 4. The second-order valence-electron chi connectivity index (χ2n) is 8.75. The number of aromatic nitrogens is 1. The Kier molecular flexibility index (Phi) is 5.10. The first-order chi connectivity index (χ1) is 15.9. The number of fused-ring (bicyclic) bond motifs is 2. The minimum Gasteiger partial charge on any atom is -0.378 e. The van der Waals surface area contributed by atoms with Crippen molar-refractivity contribution < 1.29 is 14.4 Å². The van der Waals surface area contributed by atoms with E-state index in [0.29, 0.717) is 22.5 Å². The van der Waals surface area contributed by atoms with Crippen LogP contribution in [0.5, 0.6) is 0 Å². The molecule has 4 heteroatoms. The maximum atomic E-state index is 13.1. The number of aliphatic hydroxyl groups is 1. The second-order valence-corrected chi connectivity index (χ2v) is 8.75. The summed E-state index contributed by atoms with van der Waals surface area (Å²) in [6, 6.07) is 23.9. The Hall–Kier alpha value is -3.76. The summed E-state index contributed by atoms with van der Waals surface area (Å²) in [4.78, 5) is 13.1. The van der Waals surface area contributed by atoms with E-state index in [2.05, 4.69) is 67.5 Å². The van der Waals surface area contributed by atoms with Gasteiger partial charge in [0, 0.05) is 17.5 Å². The van der Waals surface area contributed by atoms with Gasteiger partial charge in [-0.05, 0) is 37.5 Å². The van der Waals surface area contributed by atoms with E-state index < -0.39 is 5.60 Å². The highest BCUT2D eigenvalue weighted by Gasteiger charge is 2.45. The Morgan fingerprint density at radius 1 is 0.909 bits per heavy atom. The van der Waals surface area contributed by atoms with Crippen molar-refractivity contribution in [2.75, 3.05) is 0 Å². The standard InChI is InChI=1S/C29H25NO3/c1-18-8-12-21(13-9-18)23(22-14-10-19(2)11-15-22)16-17-29(32)25-7-5-4-6-24(25)27(31)26-20(3)33-30-28(26)29/h4-16,32H,17H2,1-3H3. The third kappa shape index (κ3) is 3.53. The van der Waals surface area contributed by atoms with Gasteiger partial charge in [0.05, 0.1) is 5.56 Å². The average molecular weight is 436 g/mol. The monoisotopic (exact) mass is 435 g/mol. The van der Waals surface area contributed by atoms with Gasteiger partial charge < -0.3 is 9.63 Å². The first-order valence-electron chi connectivity index (χ1n) is 11.1. The molecule has 0 saturated heterocycles. The number of aryl methyl sites for hydroxylation is 3. The lowest BCUT2D eigenvalue weighted by atomic mass is 9.75. The van der Waals surface area contributed by atoms with Crippen LogP contribution in [0, 0.1) is 20.8 Å². The molecule has 0 fully saturated rings. The van der Waals surface area contributed by atoms with Crippen LogP contribution in [0.15, 0.2) is 83.4 Å². The molecule has 1 aliphatic carbocycles. The van der Waals surface area contributed by atoms with E-state index in [-0.39, 0.29) is 17.9 Å². The largest absolute Gasteiger partial charge is 0.378 e. The first kappa shape index (κ1) is 21.1. The molecule has 1 aromatic heterocycles. The third-order valence-corrected chi connectivity index (χ3v) is 6.43. The molecule has 33 heavy (non-hydrogen) atoms. The lowest BCUT2D eigenvalue weighted by Gasteiger charge is -2.32. The molecule has 4 nitrogen and oxygen atoms in total. The van der Waals surface area contributed by atoms with Crippen molar-refractivity contribution in [2.24, 2.45) is 0 Å². The summed E-state index contributed by atoms with van der Waals surface area (Å²) in [5.74, 6) is 0.259. The van der Waals surface area contributed by atoms with E-state index >= 15 is 0 Å². The van der Waals surface area contributed by atoms with Crippen molar-refractivity contribution in [2.45, 2.75) is 32.8 Å². The summed E-state index contributed by atoms with van der Waals surface area (Å²) >= 11 is 0. The molecule has 0 radical (unpaired) electrons. The van der Waals surface area contributed by atoms with Crippen LogP contribution in [0.4, 0.5) is 0 Å². The number of hydrogen-bond donors (Lipinski definition) is 1. The molecular weight excluding hydrogens is 410 g/mol. The minimum absolute atomic E-state index is 0.162. The molecule has 0 amide bonds. The van der Waals surface area contributed by atoms with Gasteiger partial charge in [-0.2, -0.15) is 0 Å². The Morgan fingerprint density at radius 3 is 2.09 bits per heavy atom. The van der Waals surface area contributed by atoms with Crippen molar-refractivity contribution in [3.05, 3.63) is 129 Å². The number of ketones is 1. The fourth-order valence-electron chi connectivity index (χ4n) is 4.55. The van der Waals surface area contributed by atoms with E-state index in [0.717, 1.165) is 16.7 Å². The summed E-state index contributed by atoms with van der Waals surface area (Å²) in [5.41, 5.74) is 5.71. The molecule has 0 spiro atoms. The minimum atomic E-state index is -1.47. The van der Waals surface area contributed by atoms with Gasteiger partial charge in [-0.25, -0.2) is 0 Å². The highest BCUT2D eigenvalue weighted by molar-refractivity contribution is 6.13. The molecule has 0 bridgehead atoms. The number of rotatable bonds is 4. The van der Waals surface area contributed by atoms with Gasteiger partial charge in [0.1, 0.15) is 17.1 Å². The molecule has 1 heterocycles. The van der Waals surface area contributed by atoms with Gasteiger partial charge in [0.25, 0.3) is 0 Å². The van der Waals surface area contributed by atoms with Crippen molar-refractivity contribution in [3.8, 4) is 0 Å². The predicted molar refractivity (Wildman–Crippen MR) is 128 cm³/mol. The molecule has 0 saturated carbocycles.